The quantitative estimate of drug-likeness (QED) is 0.881. The molecule has 19 heavy (non-hydrogen) atoms. The average molecular weight is 327 g/mol. The maximum atomic E-state index is 12.0. The number of hydrogen-bond donors (Lipinski definition) is 2. The number of carbonyl (C=O) groups is 1. The summed E-state index contributed by atoms with van der Waals surface area (Å²) < 4.78 is 0.893. The molecule has 0 bridgehead atoms. The lowest BCUT2D eigenvalue weighted by Gasteiger charge is -2.34. The van der Waals surface area contributed by atoms with Crippen LogP contribution >= 0.6 is 15.9 Å². The van der Waals surface area contributed by atoms with Crippen molar-refractivity contribution in [2.45, 2.75) is 25.3 Å². The van der Waals surface area contributed by atoms with Crippen LogP contribution in [0.1, 0.15) is 19.3 Å². The van der Waals surface area contributed by atoms with E-state index in [-0.39, 0.29) is 5.91 Å². The molecule has 104 valence electrons. The van der Waals surface area contributed by atoms with Gasteiger partial charge in [0.15, 0.2) is 0 Å². The van der Waals surface area contributed by atoms with Crippen molar-refractivity contribution in [3.8, 4) is 0 Å². The molecule has 1 aromatic rings. The average Bonchev–Trinajstić information content (AvgIpc) is 2.42. The van der Waals surface area contributed by atoms with E-state index in [0.29, 0.717) is 24.9 Å². The normalized spacial score (nSPS) is 20.2. The first-order valence-corrected chi connectivity index (χ1v) is 7.34. The van der Waals surface area contributed by atoms with Gasteiger partial charge >= 0.3 is 0 Å². The summed E-state index contributed by atoms with van der Waals surface area (Å²) >= 11 is 3.31. The van der Waals surface area contributed by atoms with E-state index in [4.69, 9.17) is 5.73 Å². The summed E-state index contributed by atoms with van der Waals surface area (Å²) in [6.07, 6.45) is 5.09. The van der Waals surface area contributed by atoms with Gasteiger partial charge in [-0.15, -0.1) is 0 Å². The number of carbonyl (C=O) groups excluding carboxylic acids is 1. The lowest BCUT2D eigenvalue weighted by Crippen LogP contribution is -2.47. The van der Waals surface area contributed by atoms with Crippen LogP contribution in [0.25, 0.3) is 0 Å². The summed E-state index contributed by atoms with van der Waals surface area (Å²) in [7, 11) is 0. The summed E-state index contributed by atoms with van der Waals surface area (Å²) in [6.45, 7) is 1.95. The van der Waals surface area contributed by atoms with E-state index < -0.39 is 0 Å². The van der Waals surface area contributed by atoms with Gasteiger partial charge in [0.1, 0.15) is 5.82 Å². The standard InChI is InChI=1S/C13H19BrN4O/c14-10-4-5-12(16-8-10)17-13(19)9-18-6-2-1-3-11(18)7-15/h4-5,8,11H,1-3,6-7,9,15H2,(H,16,17,19). The van der Waals surface area contributed by atoms with E-state index in [1.165, 1.54) is 6.42 Å². The van der Waals surface area contributed by atoms with E-state index in [2.05, 4.69) is 31.1 Å². The number of amides is 1. The SMILES string of the molecule is NCC1CCCCN1CC(=O)Nc1ccc(Br)cn1. The van der Waals surface area contributed by atoms with Crippen LogP contribution in [0.15, 0.2) is 22.8 Å². The molecule has 1 aromatic heterocycles. The molecule has 0 aromatic carbocycles. The largest absolute Gasteiger partial charge is 0.329 e. The van der Waals surface area contributed by atoms with Gasteiger partial charge in [-0.1, -0.05) is 6.42 Å². The molecule has 1 fully saturated rings. The zero-order valence-corrected chi connectivity index (χ0v) is 12.4. The Hall–Kier alpha value is -0.980. The fourth-order valence-corrected chi connectivity index (χ4v) is 2.59. The first kappa shape index (κ1) is 14.4. The number of nitrogens with one attached hydrogen (secondary N) is 1. The number of pyridine rings is 1. The van der Waals surface area contributed by atoms with Gasteiger partial charge in [0.25, 0.3) is 0 Å². The topological polar surface area (TPSA) is 71.2 Å². The molecule has 0 saturated carbocycles. The van der Waals surface area contributed by atoms with Crippen LogP contribution in [0.2, 0.25) is 0 Å². The van der Waals surface area contributed by atoms with Gasteiger partial charge in [0, 0.05) is 23.3 Å². The number of aromatic nitrogens is 1. The maximum Gasteiger partial charge on any atom is 0.239 e. The van der Waals surface area contributed by atoms with Crippen molar-refractivity contribution in [2.75, 3.05) is 25.0 Å². The summed E-state index contributed by atoms with van der Waals surface area (Å²) in [5, 5.41) is 2.81. The Morgan fingerprint density at radius 1 is 1.53 bits per heavy atom. The lowest BCUT2D eigenvalue weighted by molar-refractivity contribution is -0.118. The second-order valence-corrected chi connectivity index (χ2v) is 5.68. The fourth-order valence-electron chi connectivity index (χ4n) is 2.35. The molecule has 1 atom stereocenters. The second kappa shape index (κ2) is 6.98. The van der Waals surface area contributed by atoms with Crippen molar-refractivity contribution in [2.24, 2.45) is 5.73 Å². The van der Waals surface area contributed by atoms with Crippen LogP contribution in [-0.2, 0) is 4.79 Å². The number of rotatable bonds is 4. The summed E-state index contributed by atoms with van der Waals surface area (Å²) in [5.74, 6) is 0.546. The van der Waals surface area contributed by atoms with Crippen molar-refractivity contribution >= 4 is 27.7 Å². The van der Waals surface area contributed by atoms with Crippen LogP contribution < -0.4 is 11.1 Å². The molecule has 1 amide bonds. The monoisotopic (exact) mass is 326 g/mol. The third-order valence-electron chi connectivity index (χ3n) is 3.36. The third-order valence-corrected chi connectivity index (χ3v) is 3.83. The van der Waals surface area contributed by atoms with E-state index in [1.807, 2.05) is 6.07 Å². The third kappa shape index (κ3) is 4.26. The summed E-state index contributed by atoms with van der Waals surface area (Å²) in [5.41, 5.74) is 5.75. The Morgan fingerprint density at radius 2 is 2.37 bits per heavy atom. The molecule has 1 aliphatic heterocycles. The molecule has 0 aliphatic carbocycles. The second-order valence-electron chi connectivity index (χ2n) is 4.77. The maximum absolute atomic E-state index is 12.0. The minimum atomic E-state index is -0.0322. The van der Waals surface area contributed by atoms with Gasteiger partial charge in [-0.3, -0.25) is 9.69 Å². The van der Waals surface area contributed by atoms with Gasteiger partial charge in [0.05, 0.1) is 6.54 Å². The molecule has 0 spiro atoms. The zero-order chi connectivity index (χ0) is 13.7. The van der Waals surface area contributed by atoms with E-state index >= 15 is 0 Å². The number of likely N-dealkylation sites (tertiary alicyclic amines) is 1. The number of nitrogens with zero attached hydrogens (tertiary/aromatic N) is 2. The van der Waals surface area contributed by atoms with Crippen LogP contribution in [0.4, 0.5) is 5.82 Å². The van der Waals surface area contributed by atoms with Gasteiger partial charge < -0.3 is 11.1 Å². The Bertz CT molecular complexity index is 423. The van der Waals surface area contributed by atoms with Crippen molar-refractivity contribution < 1.29 is 4.79 Å². The van der Waals surface area contributed by atoms with Gasteiger partial charge in [-0.2, -0.15) is 0 Å². The molecule has 1 unspecified atom stereocenters. The van der Waals surface area contributed by atoms with Crippen molar-refractivity contribution in [3.05, 3.63) is 22.8 Å². The molecule has 3 N–H and O–H groups in total. The van der Waals surface area contributed by atoms with Crippen LogP contribution in [0.5, 0.6) is 0 Å². The highest BCUT2D eigenvalue weighted by atomic mass is 79.9. The first-order valence-electron chi connectivity index (χ1n) is 6.54. The zero-order valence-electron chi connectivity index (χ0n) is 10.8. The Balaban J connectivity index is 1.88. The molecule has 0 radical (unpaired) electrons. The predicted molar refractivity (Wildman–Crippen MR) is 78.8 cm³/mol. The number of nitrogens with two attached hydrogens (primary N) is 1. The van der Waals surface area contributed by atoms with E-state index in [0.717, 1.165) is 23.9 Å². The highest BCUT2D eigenvalue weighted by Crippen LogP contribution is 2.16. The predicted octanol–water partition coefficient (Wildman–Crippen LogP) is 1.60. The number of hydrogen-bond acceptors (Lipinski definition) is 4. The summed E-state index contributed by atoms with van der Waals surface area (Å²) in [4.78, 5) is 18.3. The highest BCUT2D eigenvalue weighted by Gasteiger charge is 2.22. The molecular weight excluding hydrogens is 308 g/mol. The molecular formula is C13H19BrN4O. The van der Waals surface area contributed by atoms with Crippen molar-refractivity contribution in [1.82, 2.24) is 9.88 Å². The highest BCUT2D eigenvalue weighted by molar-refractivity contribution is 9.10. The van der Waals surface area contributed by atoms with Gasteiger partial charge in [-0.25, -0.2) is 4.98 Å². The number of anilines is 1. The smallest absolute Gasteiger partial charge is 0.239 e. The lowest BCUT2D eigenvalue weighted by atomic mass is 10.0. The molecule has 2 heterocycles. The Labute approximate surface area is 121 Å². The minimum Gasteiger partial charge on any atom is -0.329 e. The number of piperidine rings is 1. The summed E-state index contributed by atoms with van der Waals surface area (Å²) in [6, 6.07) is 3.96. The Kier molecular flexibility index (Phi) is 5.30. The van der Waals surface area contributed by atoms with E-state index in [1.54, 1.807) is 12.3 Å². The van der Waals surface area contributed by atoms with Crippen LogP contribution in [0, 0.1) is 0 Å². The molecule has 1 saturated heterocycles. The van der Waals surface area contributed by atoms with Gasteiger partial charge in [0.2, 0.25) is 5.91 Å². The fraction of sp³-hybridized carbons (Fsp3) is 0.538. The molecule has 1 aliphatic rings. The van der Waals surface area contributed by atoms with Crippen LogP contribution in [0.3, 0.4) is 0 Å². The minimum absolute atomic E-state index is 0.0322. The van der Waals surface area contributed by atoms with Gasteiger partial charge in [-0.05, 0) is 47.4 Å². The van der Waals surface area contributed by atoms with Crippen LogP contribution in [-0.4, -0.2) is 41.5 Å². The molecule has 2 rings (SSSR count). The molecule has 6 heteroatoms. The number of halogens is 1. The van der Waals surface area contributed by atoms with Crippen molar-refractivity contribution in [3.63, 3.8) is 0 Å². The van der Waals surface area contributed by atoms with E-state index in [9.17, 15) is 4.79 Å². The Morgan fingerprint density at radius 3 is 3.05 bits per heavy atom. The molecule has 5 nitrogen and oxygen atoms in total. The first-order chi connectivity index (χ1) is 9.19. The van der Waals surface area contributed by atoms with Crippen molar-refractivity contribution in [1.29, 1.82) is 0 Å².